The highest BCUT2D eigenvalue weighted by Crippen LogP contribution is 2.35. The van der Waals surface area contributed by atoms with Crippen LogP contribution in [0.5, 0.6) is 0 Å². The summed E-state index contributed by atoms with van der Waals surface area (Å²) in [4.78, 5) is 25.4. The number of hydrogen-bond acceptors (Lipinski definition) is 4. The highest BCUT2D eigenvalue weighted by Gasteiger charge is 2.40. The van der Waals surface area contributed by atoms with E-state index in [1.54, 1.807) is 0 Å². The Balaban J connectivity index is 0.000000325. The third-order valence-electron chi connectivity index (χ3n) is 6.26. The van der Waals surface area contributed by atoms with Gasteiger partial charge in [-0.05, 0) is 70.6 Å². The van der Waals surface area contributed by atoms with Gasteiger partial charge in [0.25, 0.3) is 12.4 Å². The van der Waals surface area contributed by atoms with Crippen LogP contribution in [0.1, 0.15) is 61.6 Å². The van der Waals surface area contributed by atoms with E-state index in [9.17, 15) is 9.59 Å². The number of aromatic nitrogens is 3. The summed E-state index contributed by atoms with van der Waals surface area (Å²) in [6.45, 7) is 5.92. The van der Waals surface area contributed by atoms with Gasteiger partial charge in [0.2, 0.25) is 0 Å². The van der Waals surface area contributed by atoms with Gasteiger partial charge in [-0.25, -0.2) is 0 Å². The Labute approximate surface area is 195 Å². The fraction of sp³-hybridized carbons (Fsp3) is 0.500. The smallest absolute Gasteiger partial charge is 0.293 e. The fourth-order valence-electron chi connectivity index (χ4n) is 4.66. The summed E-state index contributed by atoms with van der Waals surface area (Å²) in [5, 5.41) is 5.70. The van der Waals surface area contributed by atoms with E-state index in [1.807, 2.05) is 57.9 Å². The number of para-hydroxylation sites is 1. The molecule has 7 nitrogen and oxygen atoms in total. The predicted octanol–water partition coefficient (Wildman–Crippen LogP) is 4.03. The molecular weight excluding hydrogens is 416 g/mol. The molecule has 1 amide bonds. The van der Waals surface area contributed by atoms with Crippen molar-refractivity contribution in [2.75, 3.05) is 0 Å². The summed E-state index contributed by atoms with van der Waals surface area (Å²) in [5.41, 5.74) is 4.07. The number of aryl methyl sites for hydroxylation is 3. The molecule has 2 heterocycles. The third-order valence-corrected chi connectivity index (χ3v) is 6.26. The minimum Gasteiger partial charge on any atom is -0.462 e. The summed E-state index contributed by atoms with van der Waals surface area (Å²) in [6.07, 6.45) is 9.31. The van der Waals surface area contributed by atoms with E-state index < -0.39 is 0 Å². The first kappa shape index (κ1) is 23.1. The minimum atomic E-state index is -0.318. The molecule has 1 atom stereocenters. The van der Waals surface area contributed by atoms with Crippen LogP contribution in [0, 0.1) is 0 Å². The summed E-state index contributed by atoms with van der Waals surface area (Å²) >= 11 is 0. The molecule has 2 aliphatic carbocycles. The van der Waals surface area contributed by atoms with Crippen LogP contribution >= 0.6 is 0 Å². The molecule has 5 rings (SSSR count). The Morgan fingerprint density at radius 2 is 1.91 bits per heavy atom. The molecule has 33 heavy (non-hydrogen) atoms. The number of amides is 1. The Morgan fingerprint density at radius 1 is 1.15 bits per heavy atom. The zero-order valence-electron chi connectivity index (χ0n) is 20.2. The largest absolute Gasteiger partial charge is 0.462 e. The van der Waals surface area contributed by atoms with Crippen molar-refractivity contribution in [2.45, 2.75) is 70.6 Å². The molecule has 1 saturated carbocycles. The van der Waals surface area contributed by atoms with Gasteiger partial charge >= 0.3 is 0 Å². The van der Waals surface area contributed by atoms with Crippen LogP contribution in [0.2, 0.25) is 0 Å². The second kappa shape index (κ2) is 9.04. The van der Waals surface area contributed by atoms with Crippen LogP contribution in [-0.2, 0) is 36.5 Å². The molecule has 0 saturated heterocycles. The maximum Gasteiger partial charge on any atom is 0.293 e. The van der Waals surface area contributed by atoms with E-state index in [4.69, 9.17) is 0 Å². The highest BCUT2D eigenvalue weighted by atomic mass is 16.5. The first-order valence-electron chi connectivity index (χ1n) is 11.7. The predicted molar refractivity (Wildman–Crippen MR) is 128 cm³/mol. The molecular formula is C26H34N4O3. The molecule has 2 aliphatic rings. The van der Waals surface area contributed by atoms with Crippen molar-refractivity contribution in [3.8, 4) is 0 Å². The quantitative estimate of drug-likeness (QED) is 0.563. The number of benzene rings is 1. The maximum absolute atomic E-state index is 13.6. The first-order chi connectivity index (χ1) is 15.7. The van der Waals surface area contributed by atoms with Gasteiger partial charge in [-0.15, -0.1) is 0 Å². The number of carbonyl (C=O) groups excluding carboxylic acids is 2. The van der Waals surface area contributed by atoms with E-state index in [2.05, 4.69) is 37.6 Å². The molecule has 1 aromatic carbocycles. The fourth-order valence-corrected chi connectivity index (χ4v) is 4.66. The number of rotatable bonds is 4. The molecule has 0 N–H and O–H groups in total. The molecule has 0 bridgehead atoms. The number of hydrogen-bond donors (Lipinski definition) is 0. The van der Waals surface area contributed by atoms with Gasteiger partial charge in [-0.1, -0.05) is 12.1 Å². The van der Waals surface area contributed by atoms with Gasteiger partial charge < -0.3 is 14.2 Å². The lowest BCUT2D eigenvalue weighted by Gasteiger charge is -2.34. The molecule has 7 heteroatoms. The van der Waals surface area contributed by atoms with Crippen molar-refractivity contribution < 1.29 is 14.3 Å². The van der Waals surface area contributed by atoms with E-state index in [1.165, 1.54) is 11.3 Å². The van der Waals surface area contributed by atoms with Crippen molar-refractivity contribution >= 4 is 23.3 Å². The second-order valence-corrected chi connectivity index (χ2v) is 10.1. The zero-order valence-corrected chi connectivity index (χ0v) is 20.2. The van der Waals surface area contributed by atoms with E-state index in [0.717, 1.165) is 48.6 Å². The SMILES string of the molecule is CC(C)(C)OC=O.Cn1cc2c(n1)CCC(N(C(=O)c1cccc3ccn(C)c13)C1CC1)C2. The molecule has 1 fully saturated rings. The second-order valence-electron chi connectivity index (χ2n) is 10.1. The van der Waals surface area contributed by atoms with E-state index >= 15 is 0 Å². The molecule has 0 aliphatic heterocycles. The van der Waals surface area contributed by atoms with Crippen molar-refractivity contribution in [3.05, 3.63) is 53.5 Å². The van der Waals surface area contributed by atoms with Crippen LogP contribution in [0.15, 0.2) is 36.7 Å². The van der Waals surface area contributed by atoms with Crippen molar-refractivity contribution in [1.82, 2.24) is 19.2 Å². The molecule has 176 valence electrons. The van der Waals surface area contributed by atoms with Crippen molar-refractivity contribution in [3.63, 3.8) is 0 Å². The molecule has 3 aromatic rings. The summed E-state index contributed by atoms with van der Waals surface area (Å²) < 4.78 is 8.52. The van der Waals surface area contributed by atoms with Gasteiger partial charge in [0, 0.05) is 44.0 Å². The van der Waals surface area contributed by atoms with Gasteiger partial charge in [0.15, 0.2) is 0 Å². The summed E-state index contributed by atoms with van der Waals surface area (Å²) in [6, 6.07) is 8.83. The zero-order chi connectivity index (χ0) is 23.8. The van der Waals surface area contributed by atoms with Gasteiger partial charge in [-0.2, -0.15) is 5.10 Å². The molecule has 0 spiro atoms. The summed E-state index contributed by atoms with van der Waals surface area (Å²) in [7, 11) is 4.00. The van der Waals surface area contributed by atoms with Crippen molar-refractivity contribution in [2.24, 2.45) is 14.1 Å². The lowest BCUT2D eigenvalue weighted by atomic mass is 9.91. The Kier molecular flexibility index (Phi) is 6.32. The third kappa shape index (κ3) is 5.13. The van der Waals surface area contributed by atoms with Crippen LogP contribution in [-0.4, -0.2) is 49.3 Å². The van der Waals surface area contributed by atoms with Crippen LogP contribution in [0.25, 0.3) is 10.9 Å². The Bertz CT molecular complexity index is 1150. The highest BCUT2D eigenvalue weighted by molar-refractivity contribution is 6.06. The maximum atomic E-state index is 13.6. The first-order valence-corrected chi connectivity index (χ1v) is 11.7. The van der Waals surface area contributed by atoms with Crippen LogP contribution in [0.3, 0.4) is 0 Å². The monoisotopic (exact) mass is 450 g/mol. The topological polar surface area (TPSA) is 69.4 Å². The van der Waals surface area contributed by atoms with Crippen molar-refractivity contribution in [1.29, 1.82) is 0 Å². The van der Waals surface area contributed by atoms with E-state index in [-0.39, 0.29) is 17.6 Å². The lowest BCUT2D eigenvalue weighted by Crippen LogP contribution is -2.45. The summed E-state index contributed by atoms with van der Waals surface area (Å²) in [5.74, 6) is 0.192. The lowest BCUT2D eigenvalue weighted by molar-refractivity contribution is -0.138. The minimum absolute atomic E-state index is 0.192. The Hall–Kier alpha value is -3.09. The average Bonchev–Trinajstić information content (AvgIpc) is 3.40. The number of fused-ring (bicyclic) bond motifs is 2. The average molecular weight is 451 g/mol. The molecule has 0 radical (unpaired) electrons. The van der Waals surface area contributed by atoms with Gasteiger partial charge in [0.1, 0.15) is 5.60 Å². The standard InChI is InChI=1S/C21H24N4O.C5H10O2/c1-23-11-10-14-4-3-5-18(20(14)23)21(26)25(16-6-7-16)17-8-9-19-15(12-17)13-24(2)22-19;1-5(2,3)7-4-6/h3-5,10-11,13,16-17H,6-9,12H2,1-2H3;4H,1-3H3. The van der Waals surface area contributed by atoms with Crippen LogP contribution < -0.4 is 0 Å². The Morgan fingerprint density at radius 3 is 2.55 bits per heavy atom. The number of carbonyl (C=O) groups is 2. The van der Waals surface area contributed by atoms with Gasteiger partial charge in [-0.3, -0.25) is 14.3 Å². The van der Waals surface area contributed by atoms with Gasteiger partial charge in [0.05, 0.1) is 16.8 Å². The van der Waals surface area contributed by atoms with Crippen LogP contribution in [0.4, 0.5) is 0 Å². The molecule has 2 aromatic heterocycles. The number of ether oxygens (including phenoxy) is 1. The van der Waals surface area contributed by atoms with E-state index in [0.29, 0.717) is 12.5 Å². The number of nitrogens with zero attached hydrogens (tertiary/aromatic N) is 4. The normalized spacial score (nSPS) is 17.7. The molecule has 1 unspecified atom stereocenters.